The van der Waals surface area contributed by atoms with Crippen molar-refractivity contribution in [1.82, 2.24) is 4.72 Å². The Hall–Kier alpha value is -1.65. The summed E-state index contributed by atoms with van der Waals surface area (Å²) in [4.78, 5) is 0. The number of hydrogen-bond acceptors (Lipinski definition) is 2. The number of nitrogen functional groups attached to an aromatic ring is 1. The maximum Gasteiger partial charge on any atom is 0.0979 e. The van der Waals surface area contributed by atoms with Crippen LogP contribution in [0.25, 0.3) is 0 Å². The van der Waals surface area contributed by atoms with Crippen molar-refractivity contribution in [3.63, 3.8) is 0 Å². The van der Waals surface area contributed by atoms with Gasteiger partial charge in [-0.2, -0.15) is 0 Å². The van der Waals surface area contributed by atoms with E-state index in [1.165, 1.54) is 0 Å². The van der Waals surface area contributed by atoms with Gasteiger partial charge in [0.15, 0.2) is 0 Å². The Bertz CT molecular complexity index is 631. The Balaban J connectivity index is 2.49. The standard InChI is InChI=1S/C18H24N2OS/c1-13-9-5-6-10-14(13)17(20-22(21)18(2,3)4)15-11-7-8-12-16(15)19/h5-12,17,20H,19H2,1-4H3/t17-,22-/m1/s1. The first-order valence-corrected chi connectivity index (χ1v) is 8.53. The van der Waals surface area contributed by atoms with Gasteiger partial charge in [0, 0.05) is 5.69 Å². The summed E-state index contributed by atoms with van der Waals surface area (Å²) in [5.41, 5.74) is 10.1. The summed E-state index contributed by atoms with van der Waals surface area (Å²) in [6, 6.07) is 15.7. The monoisotopic (exact) mass is 316 g/mol. The molecule has 0 heterocycles. The lowest BCUT2D eigenvalue weighted by atomic mass is 9.95. The van der Waals surface area contributed by atoms with Crippen LogP contribution in [0.2, 0.25) is 0 Å². The van der Waals surface area contributed by atoms with E-state index in [0.717, 1.165) is 16.7 Å². The summed E-state index contributed by atoms with van der Waals surface area (Å²) in [6.07, 6.45) is 0. The van der Waals surface area contributed by atoms with Gasteiger partial charge in [0.05, 0.1) is 21.8 Å². The molecule has 0 fully saturated rings. The first-order valence-electron chi connectivity index (χ1n) is 7.38. The van der Waals surface area contributed by atoms with Crippen LogP contribution in [0.5, 0.6) is 0 Å². The Kier molecular flexibility index (Phi) is 5.04. The zero-order valence-corrected chi connectivity index (χ0v) is 14.4. The van der Waals surface area contributed by atoms with Gasteiger partial charge in [-0.3, -0.25) is 0 Å². The lowest BCUT2D eigenvalue weighted by Gasteiger charge is -2.26. The molecule has 0 spiro atoms. The van der Waals surface area contributed by atoms with E-state index >= 15 is 0 Å². The molecule has 0 aliphatic carbocycles. The van der Waals surface area contributed by atoms with E-state index in [2.05, 4.69) is 23.8 Å². The fourth-order valence-electron chi connectivity index (χ4n) is 2.26. The Morgan fingerprint density at radius 1 is 1.00 bits per heavy atom. The zero-order valence-electron chi connectivity index (χ0n) is 13.6. The van der Waals surface area contributed by atoms with Crippen molar-refractivity contribution in [3.05, 3.63) is 65.2 Å². The first kappa shape index (κ1) is 16.7. The van der Waals surface area contributed by atoms with Gasteiger partial charge in [0.25, 0.3) is 0 Å². The fraction of sp³-hybridized carbons (Fsp3) is 0.333. The molecular weight excluding hydrogens is 292 g/mol. The molecule has 0 aromatic heterocycles. The highest BCUT2D eigenvalue weighted by atomic mass is 32.2. The third-order valence-electron chi connectivity index (χ3n) is 3.59. The molecule has 0 saturated heterocycles. The minimum absolute atomic E-state index is 0.192. The minimum atomic E-state index is -1.19. The molecule has 0 unspecified atom stereocenters. The summed E-state index contributed by atoms with van der Waals surface area (Å²) in [7, 11) is -1.19. The van der Waals surface area contributed by atoms with E-state index in [1.807, 2.05) is 57.2 Å². The molecule has 0 saturated carbocycles. The SMILES string of the molecule is Cc1ccccc1[C@@H](N[S@](=O)C(C)(C)C)c1ccccc1N. The van der Waals surface area contributed by atoms with Gasteiger partial charge in [-0.05, 0) is 50.5 Å². The molecule has 0 aliphatic rings. The van der Waals surface area contributed by atoms with Gasteiger partial charge in [0.1, 0.15) is 0 Å². The van der Waals surface area contributed by atoms with E-state index in [1.54, 1.807) is 0 Å². The number of nitrogens with two attached hydrogens (primary N) is 1. The van der Waals surface area contributed by atoms with Crippen molar-refractivity contribution in [2.45, 2.75) is 38.5 Å². The number of anilines is 1. The number of para-hydroxylation sites is 1. The van der Waals surface area contributed by atoms with Crippen molar-refractivity contribution in [1.29, 1.82) is 0 Å². The number of aryl methyl sites for hydroxylation is 1. The Morgan fingerprint density at radius 3 is 2.09 bits per heavy atom. The average molecular weight is 316 g/mol. The molecular formula is C18H24N2OS. The molecule has 3 nitrogen and oxygen atoms in total. The maximum atomic E-state index is 12.6. The normalized spacial score (nSPS) is 14.5. The van der Waals surface area contributed by atoms with E-state index in [-0.39, 0.29) is 10.8 Å². The van der Waals surface area contributed by atoms with Crippen molar-refractivity contribution >= 4 is 16.7 Å². The third kappa shape index (κ3) is 3.76. The lowest BCUT2D eigenvalue weighted by Crippen LogP contribution is -2.36. The minimum Gasteiger partial charge on any atom is -0.398 e. The topological polar surface area (TPSA) is 55.1 Å². The van der Waals surface area contributed by atoms with Gasteiger partial charge in [0.2, 0.25) is 0 Å². The highest BCUT2D eigenvalue weighted by Crippen LogP contribution is 2.30. The fourth-order valence-corrected chi connectivity index (χ4v) is 3.08. The molecule has 0 radical (unpaired) electrons. The second-order valence-electron chi connectivity index (χ2n) is 6.42. The average Bonchev–Trinajstić information content (AvgIpc) is 2.45. The number of rotatable bonds is 4. The molecule has 0 aliphatic heterocycles. The molecule has 2 atom stereocenters. The second kappa shape index (κ2) is 6.63. The molecule has 4 heteroatoms. The van der Waals surface area contributed by atoms with Gasteiger partial charge in [-0.25, -0.2) is 8.93 Å². The van der Waals surface area contributed by atoms with Gasteiger partial charge in [-0.15, -0.1) is 0 Å². The largest absolute Gasteiger partial charge is 0.398 e. The molecule has 118 valence electrons. The summed E-state index contributed by atoms with van der Waals surface area (Å²) in [5.74, 6) is 0. The molecule has 2 aromatic rings. The van der Waals surface area contributed by atoms with Gasteiger partial charge < -0.3 is 5.73 Å². The van der Waals surface area contributed by atoms with Gasteiger partial charge >= 0.3 is 0 Å². The first-order chi connectivity index (χ1) is 10.3. The van der Waals surface area contributed by atoms with Crippen LogP contribution in [0, 0.1) is 6.92 Å². The van der Waals surface area contributed by atoms with Crippen molar-refractivity contribution in [2.24, 2.45) is 0 Å². The summed E-state index contributed by atoms with van der Waals surface area (Å²) in [6.45, 7) is 7.93. The van der Waals surface area contributed by atoms with E-state index in [0.29, 0.717) is 5.69 Å². The number of benzene rings is 2. The van der Waals surface area contributed by atoms with Gasteiger partial charge in [-0.1, -0.05) is 42.5 Å². The van der Waals surface area contributed by atoms with Crippen molar-refractivity contribution < 1.29 is 4.21 Å². The molecule has 2 rings (SSSR count). The lowest BCUT2D eigenvalue weighted by molar-refractivity contribution is 0.623. The smallest absolute Gasteiger partial charge is 0.0979 e. The molecule has 22 heavy (non-hydrogen) atoms. The summed E-state index contributed by atoms with van der Waals surface area (Å²) < 4.78 is 15.5. The van der Waals surface area contributed by atoms with Crippen LogP contribution < -0.4 is 10.5 Å². The van der Waals surface area contributed by atoms with Crippen LogP contribution >= 0.6 is 0 Å². The van der Waals surface area contributed by atoms with Crippen molar-refractivity contribution in [2.75, 3.05) is 5.73 Å². The summed E-state index contributed by atoms with van der Waals surface area (Å²) in [5, 5.41) is 0. The van der Waals surface area contributed by atoms with Crippen LogP contribution in [-0.4, -0.2) is 8.96 Å². The second-order valence-corrected chi connectivity index (χ2v) is 8.42. The zero-order chi connectivity index (χ0) is 16.3. The summed E-state index contributed by atoms with van der Waals surface area (Å²) >= 11 is 0. The molecule has 3 N–H and O–H groups in total. The van der Waals surface area contributed by atoms with E-state index in [9.17, 15) is 4.21 Å². The Labute approximate surface area is 135 Å². The number of nitrogens with one attached hydrogen (secondary N) is 1. The number of hydrogen-bond donors (Lipinski definition) is 2. The quantitative estimate of drug-likeness (QED) is 0.845. The van der Waals surface area contributed by atoms with E-state index < -0.39 is 11.0 Å². The van der Waals surface area contributed by atoms with Crippen LogP contribution in [0.3, 0.4) is 0 Å². The van der Waals surface area contributed by atoms with E-state index in [4.69, 9.17) is 5.73 Å². The Morgan fingerprint density at radius 2 is 1.55 bits per heavy atom. The highest BCUT2D eigenvalue weighted by molar-refractivity contribution is 7.84. The van der Waals surface area contributed by atoms with Crippen LogP contribution in [0.1, 0.15) is 43.5 Å². The third-order valence-corrected chi connectivity index (χ3v) is 5.15. The maximum absolute atomic E-state index is 12.6. The van der Waals surface area contributed by atoms with Crippen molar-refractivity contribution in [3.8, 4) is 0 Å². The van der Waals surface area contributed by atoms with Crippen LogP contribution in [-0.2, 0) is 11.0 Å². The highest BCUT2D eigenvalue weighted by Gasteiger charge is 2.26. The molecule has 2 aromatic carbocycles. The predicted molar refractivity (Wildman–Crippen MR) is 94.9 cm³/mol. The molecule has 0 amide bonds. The van der Waals surface area contributed by atoms with Crippen LogP contribution in [0.15, 0.2) is 48.5 Å². The molecule has 0 bridgehead atoms. The predicted octanol–water partition coefficient (Wildman–Crippen LogP) is 3.72. The van der Waals surface area contributed by atoms with Crippen LogP contribution in [0.4, 0.5) is 5.69 Å².